The lowest BCUT2D eigenvalue weighted by molar-refractivity contribution is -0.335. The molecule has 3 rings (SSSR count). The Kier molecular flexibility index (Phi) is 16.6. The molecular formula is C39H74N2O12. The van der Waals surface area contributed by atoms with Crippen molar-refractivity contribution in [2.75, 3.05) is 26.7 Å². The number of hydrogen-bond acceptors (Lipinski definition) is 14. The van der Waals surface area contributed by atoms with Gasteiger partial charge >= 0.3 is 5.97 Å². The van der Waals surface area contributed by atoms with Crippen LogP contribution in [0.3, 0.4) is 0 Å². The molecule has 0 aromatic rings. The standard InChI is InChI=1S/C39H74N2O12/c1-13-17-40-21-39(47)27(8)50-30(19-37(39,10)48-12)52-31-24(5)33(53-35-28(42)16-15-23(4)49-35)36(9,45)18-22(3)20-41-26(7)32(43)38(11,46)29(14-2)51-34(44)25(31)6/h22-33,35,40-43,45-47H,13-21H2,1-12H3/t22-,23-,24+,25-,26-,27+,28-,29-,30+,31+,32-,33-,35+,36-,37-,38-,39+/m1/s1. The fourth-order valence-electron chi connectivity index (χ4n) is 8.60. The number of nitrogens with one attached hydrogen (secondary N) is 2. The zero-order valence-corrected chi connectivity index (χ0v) is 34.5. The first-order valence-corrected chi connectivity index (χ1v) is 19.9. The summed E-state index contributed by atoms with van der Waals surface area (Å²) in [7, 11) is 1.53. The highest BCUT2D eigenvalue weighted by atomic mass is 16.7. The Hall–Kier alpha value is -1.01. The highest BCUT2D eigenvalue weighted by Gasteiger charge is 2.58. The van der Waals surface area contributed by atoms with Crippen molar-refractivity contribution < 1.29 is 58.7 Å². The Bertz CT molecular complexity index is 1150. The average molecular weight is 763 g/mol. The summed E-state index contributed by atoms with van der Waals surface area (Å²) in [6.07, 6.45) is -5.76. The Morgan fingerprint density at radius 3 is 2.21 bits per heavy atom. The molecule has 3 aliphatic heterocycles. The Morgan fingerprint density at radius 2 is 1.60 bits per heavy atom. The second kappa shape index (κ2) is 19.0. The predicted octanol–water partition coefficient (Wildman–Crippen LogP) is 2.39. The number of aliphatic hydroxyl groups is 5. The number of carbonyl (C=O) groups excluding carboxylic acids is 1. The third-order valence-electron chi connectivity index (χ3n) is 12.3. The minimum absolute atomic E-state index is 0.103. The normalized spacial score (nSPS) is 48.4. The number of hydrogen-bond donors (Lipinski definition) is 7. The number of carbonyl (C=O) groups is 1. The quantitative estimate of drug-likeness (QED) is 0.127. The maximum Gasteiger partial charge on any atom is 0.311 e. The van der Waals surface area contributed by atoms with Crippen LogP contribution in [0.4, 0.5) is 0 Å². The van der Waals surface area contributed by atoms with Gasteiger partial charge in [0, 0.05) is 32.0 Å². The van der Waals surface area contributed by atoms with Gasteiger partial charge in [-0.25, -0.2) is 0 Å². The van der Waals surface area contributed by atoms with Crippen molar-refractivity contribution in [3.63, 3.8) is 0 Å². The molecule has 14 heteroatoms. The van der Waals surface area contributed by atoms with E-state index in [0.717, 1.165) is 6.42 Å². The van der Waals surface area contributed by atoms with Crippen LogP contribution in [0.15, 0.2) is 0 Å². The molecule has 0 aliphatic carbocycles. The molecule has 3 aliphatic rings. The summed E-state index contributed by atoms with van der Waals surface area (Å²) in [6.45, 7) is 20.9. The van der Waals surface area contributed by atoms with Crippen LogP contribution in [-0.4, -0.2) is 142 Å². The summed E-state index contributed by atoms with van der Waals surface area (Å²) >= 11 is 0. The molecule has 3 fully saturated rings. The van der Waals surface area contributed by atoms with E-state index in [0.29, 0.717) is 25.9 Å². The van der Waals surface area contributed by atoms with Crippen molar-refractivity contribution >= 4 is 5.97 Å². The molecule has 0 spiro atoms. The minimum Gasteiger partial charge on any atom is -0.459 e. The van der Waals surface area contributed by atoms with E-state index >= 15 is 0 Å². The second-order valence-electron chi connectivity index (χ2n) is 17.1. The fraction of sp³-hybridized carbons (Fsp3) is 0.974. The Balaban J connectivity index is 2.12. The van der Waals surface area contributed by atoms with Crippen molar-refractivity contribution in [3.8, 4) is 0 Å². The number of cyclic esters (lactones) is 1. The van der Waals surface area contributed by atoms with Gasteiger partial charge in [0.25, 0.3) is 0 Å². The van der Waals surface area contributed by atoms with Crippen molar-refractivity contribution in [3.05, 3.63) is 0 Å². The maximum atomic E-state index is 14.2. The zero-order chi connectivity index (χ0) is 40.1. The number of rotatable bonds is 10. The summed E-state index contributed by atoms with van der Waals surface area (Å²) in [5.41, 5.74) is -5.89. The molecule has 0 aromatic carbocycles. The number of esters is 1. The third kappa shape index (κ3) is 10.7. The van der Waals surface area contributed by atoms with Crippen molar-refractivity contribution in [2.45, 2.75) is 198 Å². The molecular weight excluding hydrogens is 688 g/mol. The van der Waals surface area contributed by atoms with Crippen LogP contribution < -0.4 is 10.6 Å². The van der Waals surface area contributed by atoms with E-state index in [-0.39, 0.29) is 37.8 Å². The van der Waals surface area contributed by atoms with Crippen molar-refractivity contribution in [2.24, 2.45) is 17.8 Å². The molecule has 0 saturated carbocycles. The van der Waals surface area contributed by atoms with Gasteiger partial charge in [-0.2, -0.15) is 0 Å². The lowest BCUT2D eigenvalue weighted by Gasteiger charge is -2.53. The molecule has 17 atom stereocenters. The molecule has 0 unspecified atom stereocenters. The number of methoxy groups -OCH3 is 1. The van der Waals surface area contributed by atoms with Crippen LogP contribution in [-0.2, 0) is 33.2 Å². The van der Waals surface area contributed by atoms with E-state index < -0.39 is 95.5 Å². The summed E-state index contributed by atoms with van der Waals surface area (Å²) < 4.78 is 37.8. The summed E-state index contributed by atoms with van der Waals surface area (Å²) in [5, 5.41) is 64.8. The SMILES string of the molecule is CCCNC[C@]1(O)[C@H](C)O[C@@H](O[C@H]2[C@H](C)[C@@H](O[C@@H]3O[C@H](C)CC[C@H]3O)[C@](C)(O)C[C@@H](C)CN[C@H](C)[C@@H](O)[C@](C)(O)[C@@H](CC)OC(=O)[C@@H]2C)C[C@@]1(C)OC. The maximum absolute atomic E-state index is 14.2. The molecule has 53 heavy (non-hydrogen) atoms. The monoisotopic (exact) mass is 763 g/mol. The molecule has 0 amide bonds. The van der Waals surface area contributed by atoms with Gasteiger partial charge in [-0.15, -0.1) is 0 Å². The van der Waals surface area contributed by atoms with Crippen molar-refractivity contribution in [1.29, 1.82) is 0 Å². The first-order valence-electron chi connectivity index (χ1n) is 19.9. The van der Waals surface area contributed by atoms with Gasteiger partial charge in [-0.05, 0) is 99.6 Å². The van der Waals surface area contributed by atoms with Crippen LogP contribution in [0.2, 0.25) is 0 Å². The van der Waals surface area contributed by atoms with E-state index in [1.54, 1.807) is 34.6 Å². The van der Waals surface area contributed by atoms with E-state index in [9.17, 15) is 30.3 Å². The van der Waals surface area contributed by atoms with Gasteiger partial charge < -0.3 is 64.6 Å². The summed E-state index contributed by atoms with van der Waals surface area (Å²) in [5.74, 6) is -2.59. The Labute approximate surface area is 318 Å². The van der Waals surface area contributed by atoms with E-state index in [4.69, 9.17) is 28.4 Å². The number of aliphatic hydroxyl groups excluding tert-OH is 2. The van der Waals surface area contributed by atoms with Gasteiger partial charge in [0.2, 0.25) is 0 Å². The minimum atomic E-state index is -1.80. The second-order valence-corrected chi connectivity index (χ2v) is 17.1. The summed E-state index contributed by atoms with van der Waals surface area (Å²) in [6, 6.07) is -0.585. The molecule has 0 radical (unpaired) electrons. The topological polar surface area (TPSA) is 198 Å². The molecule has 312 valence electrons. The van der Waals surface area contributed by atoms with Gasteiger partial charge in [0.15, 0.2) is 12.6 Å². The van der Waals surface area contributed by atoms with Gasteiger partial charge in [0.05, 0.1) is 35.9 Å². The molecule has 0 aromatic heterocycles. The Morgan fingerprint density at radius 1 is 0.943 bits per heavy atom. The summed E-state index contributed by atoms with van der Waals surface area (Å²) in [4.78, 5) is 14.2. The van der Waals surface area contributed by atoms with Crippen LogP contribution >= 0.6 is 0 Å². The van der Waals surface area contributed by atoms with Crippen molar-refractivity contribution in [1.82, 2.24) is 10.6 Å². The van der Waals surface area contributed by atoms with E-state index in [1.165, 1.54) is 14.0 Å². The average Bonchev–Trinajstić information content (AvgIpc) is 3.09. The fourth-order valence-corrected chi connectivity index (χ4v) is 8.60. The molecule has 0 bridgehead atoms. The van der Waals surface area contributed by atoms with Crippen LogP contribution in [0.25, 0.3) is 0 Å². The third-order valence-corrected chi connectivity index (χ3v) is 12.3. The number of ether oxygens (including phenoxy) is 6. The van der Waals surface area contributed by atoms with Crippen LogP contribution in [0.5, 0.6) is 0 Å². The largest absolute Gasteiger partial charge is 0.459 e. The first-order chi connectivity index (χ1) is 24.6. The zero-order valence-electron chi connectivity index (χ0n) is 34.5. The van der Waals surface area contributed by atoms with Crippen LogP contribution in [0, 0.1) is 17.8 Å². The van der Waals surface area contributed by atoms with Gasteiger partial charge in [-0.1, -0.05) is 27.7 Å². The highest BCUT2D eigenvalue weighted by Crippen LogP contribution is 2.43. The van der Waals surface area contributed by atoms with E-state index in [2.05, 4.69) is 10.6 Å². The van der Waals surface area contributed by atoms with Gasteiger partial charge in [0.1, 0.15) is 35.1 Å². The van der Waals surface area contributed by atoms with E-state index in [1.807, 2.05) is 34.6 Å². The molecule has 7 N–H and O–H groups in total. The highest BCUT2D eigenvalue weighted by molar-refractivity contribution is 5.73. The molecule has 14 nitrogen and oxygen atoms in total. The molecule has 3 saturated heterocycles. The first kappa shape index (κ1) is 46.4. The molecule has 3 heterocycles. The predicted molar refractivity (Wildman–Crippen MR) is 199 cm³/mol. The lowest BCUT2D eigenvalue weighted by atomic mass is 9.75. The van der Waals surface area contributed by atoms with Gasteiger partial charge in [-0.3, -0.25) is 4.79 Å². The smallest absolute Gasteiger partial charge is 0.311 e. The lowest BCUT2D eigenvalue weighted by Crippen LogP contribution is -2.70. The van der Waals surface area contributed by atoms with Crippen LogP contribution in [0.1, 0.15) is 115 Å².